The molecule has 0 amide bonds. The summed E-state index contributed by atoms with van der Waals surface area (Å²) in [5, 5.41) is 0. The molecule has 0 aromatic carbocycles. The zero-order valence-corrected chi connectivity index (χ0v) is 7.59. The Bertz CT molecular complexity index is 163. The molecule has 0 aliphatic heterocycles. The van der Waals surface area contributed by atoms with Crippen molar-refractivity contribution >= 4 is 0 Å². The van der Waals surface area contributed by atoms with Gasteiger partial charge in [0.15, 0.2) is 0 Å². The standard InChI is InChI=1S/C10H16FN/c1-8(11)10-5-3-9(4-6-10)7-12-2/h8-10H,3-7H2,1H3. The molecule has 1 nitrogen and oxygen atoms in total. The fourth-order valence-electron chi connectivity index (χ4n) is 1.96. The zero-order valence-electron chi connectivity index (χ0n) is 7.59. The Morgan fingerprint density at radius 3 is 2.42 bits per heavy atom. The highest BCUT2D eigenvalue weighted by atomic mass is 19.1. The Hall–Kier alpha value is -0.580. The van der Waals surface area contributed by atoms with E-state index in [0.717, 1.165) is 25.7 Å². The minimum absolute atomic E-state index is 0.270. The molecule has 1 aliphatic carbocycles. The van der Waals surface area contributed by atoms with Gasteiger partial charge in [0.1, 0.15) is 6.17 Å². The van der Waals surface area contributed by atoms with Crippen molar-refractivity contribution in [3.8, 4) is 0 Å². The van der Waals surface area contributed by atoms with Crippen molar-refractivity contribution in [2.75, 3.05) is 6.54 Å². The van der Waals surface area contributed by atoms with Gasteiger partial charge >= 0.3 is 0 Å². The zero-order chi connectivity index (χ0) is 8.97. The second-order valence-electron chi connectivity index (χ2n) is 3.80. The van der Waals surface area contributed by atoms with E-state index in [-0.39, 0.29) is 5.92 Å². The van der Waals surface area contributed by atoms with Crippen LogP contribution in [0.25, 0.3) is 4.85 Å². The van der Waals surface area contributed by atoms with Gasteiger partial charge in [0.2, 0.25) is 6.54 Å². The van der Waals surface area contributed by atoms with Gasteiger partial charge < -0.3 is 4.85 Å². The van der Waals surface area contributed by atoms with E-state index in [1.165, 1.54) is 0 Å². The smallest absolute Gasteiger partial charge is 0.217 e. The Labute approximate surface area is 73.8 Å². The third kappa shape index (κ3) is 2.48. The maximum atomic E-state index is 12.8. The molecule has 1 unspecified atom stereocenters. The summed E-state index contributed by atoms with van der Waals surface area (Å²) in [4.78, 5) is 3.39. The topological polar surface area (TPSA) is 4.36 Å². The van der Waals surface area contributed by atoms with E-state index in [1.54, 1.807) is 6.92 Å². The fourth-order valence-corrected chi connectivity index (χ4v) is 1.96. The lowest BCUT2D eigenvalue weighted by Crippen LogP contribution is -2.21. The molecule has 0 N–H and O–H groups in total. The van der Waals surface area contributed by atoms with Crippen molar-refractivity contribution in [2.45, 2.75) is 38.8 Å². The second kappa shape index (κ2) is 4.45. The molecular formula is C10H16FN. The third-order valence-corrected chi connectivity index (χ3v) is 2.89. The van der Waals surface area contributed by atoms with E-state index in [0.29, 0.717) is 12.5 Å². The molecule has 68 valence electrons. The summed E-state index contributed by atoms with van der Waals surface area (Å²) in [7, 11) is 0. The summed E-state index contributed by atoms with van der Waals surface area (Å²) in [6.07, 6.45) is 3.43. The summed E-state index contributed by atoms with van der Waals surface area (Å²) in [5.74, 6) is 0.824. The van der Waals surface area contributed by atoms with Crippen LogP contribution in [0.15, 0.2) is 0 Å². The number of hydrogen-bond donors (Lipinski definition) is 0. The van der Waals surface area contributed by atoms with Crippen molar-refractivity contribution in [3.05, 3.63) is 11.4 Å². The van der Waals surface area contributed by atoms with Crippen LogP contribution < -0.4 is 0 Å². The molecule has 0 radical (unpaired) electrons. The van der Waals surface area contributed by atoms with Gasteiger partial charge in [-0.1, -0.05) is 0 Å². The van der Waals surface area contributed by atoms with Crippen LogP contribution in [-0.4, -0.2) is 12.7 Å². The summed E-state index contributed by atoms with van der Waals surface area (Å²) in [5.41, 5.74) is 0. The lowest BCUT2D eigenvalue weighted by molar-refractivity contribution is 0.174. The van der Waals surface area contributed by atoms with Gasteiger partial charge in [-0.25, -0.2) is 11.0 Å². The van der Waals surface area contributed by atoms with Gasteiger partial charge in [-0.15, -0.1) is 0 Å². The monoisotopic (exact) mass is 169 g/mol. The van der Waals surface area contributed by atoms with Gasteiger partial charge in [-0.3, -0.25) is 0 Å². The molecule has 2 heteroatoms. The predicted octanol–water partition coefficient (Wildman–Crippen LogP) is 3.07. The first-order valence-corrected chi connectivity index (χ1v) is 4.71. The van der Waals surface area contributed by atoms with E-state index in [1.807, 2.05) is 0 Å². The summed E-state index contributed by atoms with van der Waals surface area (Å²) < 4.78 is 12.8. The van der Waals surface area contributed by atoms with Crippen molar-refractivity contribution < 1.29 is 4.39 Å². The van der Waals surface area contributed by atoms with E-state index >= 15 is 0 Å². The largest absolute Gasteiger partial charge is 0.317 e. The molecule has 0 aromatic rings. The molecule has 0 spiro atoms. The average Bonchev–Trinajstić information content (AvgIpc) is 2.06. The summed E-state index contributed by atoms with van der Waals surface area (Å²) in [6.45, 7) is 9.02. The van der Waals surface area contributed by atoms with Crippen LogP contribution in [0.4, 0.5) is 4.39 Å². The number of alkyl halides is 1. The molecule has 1 saturated carbocycles. The van der Waals surface area contributed by atoms with E-state index in [9.17, 15) is 4.39 Å². The van der Waals surface area contributed by atoms with Crippen LogP contribution in [0.1, 0.15) is 32.6 Å². The minimum Gasteiger partial charge on any atom is -0.317 e. The van der Waals surface area contributed by atoms with Gasteiger partial charge in [-0.05, 0) is 38.5 Å². The van der Waals surface area contributed by atoms with Gasteiger partial charge in [0.25, 0.3) is 0 Å². The average molecular weight is 169 g/mol. The van der Waals surface area contributed by atoms with E-state index in [2.05, 4.69) is 4.85 Å². The maximum absolute atomic E-state index is 12.8. The molecule has 0 aromatic heterocycles. The highest BCUT2D eigenvalue weighted by molar-refractivity contribution is 4.79. The van der Waals surface area contributed by atoms with E-state index < -0.39 is 6.17 Å². The molecule has 0 saturated heterocycles. The molecule has 0 heterocycles. The SMILES string of the molecule is [C-]#[N+]CC1CCC(C(C)F)CC1. The number of rotatable bonds is 2. The Morgan fingerprint density at radius 1 is 1.42 bits per heavy atom. The van der Waals surface area contributed by atoms with Gasteiger partial charge in [0.05, 0.1) is 0 Å². The predicted molar refractivity (Wildman–Crippen MR) is 47.5 cm³/mol. The first-order chi connectivity index (χ1) is 5.74. The molecule has 1 aliphatic rings. The number of halogens is 1. The van der Waals surface area contributed by atoms with Crippen molar-refractivity contribution in [2.24, 2.45) is 11.8 Å². The third-order valence-electron chi connectivity index (χ3n) is 2.89. The van der Waals surface area contributed by atoms with Crippen LogP contribution >= 0.6 is 0 Å². The first kappa shape index (κ1) is 9.51. The Kier molecular flexibility index (Phi) is 3.52. The lowest BCUT2D eigenvalue weighted by atomic mass is 9.80. The molecule has 1 atom stereocenters. The highest BCUT2D eigenvalue weighted by Gasteiger charge is 2.26. The second-order valence-corrected chi connectivity index (χ2v) is 3.80. The van der Waals surface area contributed by atoms with Crippen LogP contribution in [0.2, 0.25) is 0 Å². The minimum atomic E-state index is -0.654. The normalized spacial score (nSPS) is 32.4. The van der Waals surface area contributed by atoms with Crippen molar-refractivity contribution in [3.63, 3.8) is 0 Å². The Morgan fingerprint density at radius 2 is 2.00 bits per heavy atom. The van der Waals surface area contributed by atoms with Crippen LogP contribution in [0, 0.1) is 18.4 Å². The highest BCUT2D eigenvalue weighted by Crippen LogP contribution is 2.31. The molecule has 1 fully saturated rings. The molecule has 0 bridgehead atoms. The van der Waals surface area contributed by atoms with E-state index in [4.69, 9.17) is 6.57 Å². The molecule has 1 rings (SSSR count). The number of hydrogen-bond acceptors (Lipinski definition) is 0. The number of nitrogens with zero attached hydrogens (tertiary/aromatic N) is 1. The summed E-state index contributed by atoms with van der Waals surface area (Å²) in [6, 6.07) is 0. The molecular weight excluding hydrogens is 153 g/mol. The van der Waals surface area contributed by atoms with Crippen molar-refractivity contribution in [1.82, 2.24) is 0 Å². The van der Waals surface area contributed by atoms with Crippen LogP contribution in [-0.2, 0) is 0 Å². The summed E-state index contributed by atoms with van der Waals surface area (Å²) >= 11 is 0. The van der Waals surface area contributed by atoms with Gasteiger partial charge in [-0.2, -0.15) is 0 Å². The lowest BCUT2D eigenvalue weighted by Gasteiger charge is -2.26. The Balaban J connectivity index is 2.26. The van der Waals surface area contributed by atoms with Crippen molar-refractivity contribution in [1.29, 1.82) is 0 Å². The molecule has 12 heavy (non-hydrogen) atoms. The van der Waals surface area contributed by atoms with Gasteiger partial charge in [0, 0.05) is 5.92 Å². The van der Waals surface area contributed by atoms with Crippen LogP contribution in [0.5, 0.6) is 0 Å². The first-order valence-electron chi connectivity index (χ1n) is 4.71. The fraction of sp³-hybridized carbons (Fsp3) is 0.900. The quantitative estimate of drug-likeness (QED) is 0.559. The van der Waals surface area contributed by atoms with Crippen LogP contribution in [0.3, 0.4) is 0 Å². The maximum Gasteiger partial charge on any atom is 0.217 e.